The molecule has 16 heavy (non-hydrogen) atoms. The molecule has 0 aromatic heterocycles. The third kappa shape index (κ3) is 2.85. The number of hydrogen-bond donors (Lipinski definition) is 1. The van der Waals surface area contributed by atoms with Gasteiger partial charge in [0.2, 0.25) is 0 Å². The molecular weight excluding hydrogens is 194 g/mol. The third-order valence-corrected chi connectivity index (χ3v) is 3.69. The molecule has 1 nitrogen and oxygen atoms in total. The minimum Gasteiger partial charge on any atom is -0.314 e. The van der Waals surface area contributed by atoms with Crippen LogP contribution in [0.5, 0.6) is 0 Å². The summed E-state index contributed by atoms with van der Waals surface area (Å²) in [5, 5.41) is 3.64. The molecule has 0 amide bonds. The zero-order valence-electron chi connectivity index (χ0n) is 10.7. The maximum absolute atomic E-state index is 3.64. The van der Waals surface area contributed by atoms with Crippen LogP contribution in [0.2, 0.25) is 0 Å². The van der Waals surface area contributed by atoms with Gasteiger partial charge in [0.25, 0.3) is 0 Å². The van der Waals surface area contributed by atoms with E-state index in [1.165, 1.54) is 24.0 Å². The van der Waals surface area contributed by atoms with Gasteiger partial charge in [-0.2, -0.15) is 0 Å². The lowest BCUT2D eigenvalue weighted by Crippen LogP contribution is -2.33. The molecule has 0 spiro atoms. The molecule has 0 saturated heterocycles. The summed E-state index contributed by atoms with van der Waals surface area (Å²) in [4.78, 5) is 0. The van der Waals surface area contributed by atoms with Crippen LogP contribution >= 0.6 is 0 Å². The van der Waals surface area contributed by atoms with E-state index in [-0.39, 0.29) is 0 Å². The molecule has 1 heteroatoms. The lowest BCUT2D eigenvalue weighted by atomic mass is 10.00. The summed E-state index contributed by atoms with van der Waals surface area (Å²) in [6.07, 6.45) is 2.59. The van der Waals surface area contributed by atoms with E-state index >= 15 is 0 Å². The van der Waals surface area contributed by atoms with Gasteiger partial charge < -0.3 is 5.32 Å². The minimum absolute atomic E-state index is 0.682. The van der Waals surface area contributed by atoms with Gasteiger partial charge >= 0.3 is 0 Å². The summed E-state index contributed by atoms with van der Waals surface area (Å²) in [5.41, 5.74) is 2.85. The van der Waals surface area contributed by atoms with E-state index in [4.69, 9.17) is 0 Å². The molecule has 0 aliphatic heterocycles. The second kappa shape index (κ2) is 5.01. The van der Waals surface area contributed by atoms with Gasteiger partial charge in [-0.1, -0.05) is 43.7 Å². The lowest BCUT2D eigenvalue weighted by Gasteiger charge is -2.18. The number of aryl methyl sites for hydroxylation is 1. The average molecular weight is 217 g/mol. The minimum atomic E-state index is 0.682. The molecule has 1 aliphatic rings. The van der Waals surface area contributed by atoms with E-state index in [2.05, 4.69) is 50.4 Å². The van der Waals surface area contributed by atoms with Gasteiger partial charge in [-0.05, 0) is 43.7 Å². The van der Waals surface area contributed by atoms with E-state index in [1.54, 1.807) is 0 Å². The fourth-order valence-electron chi connectivity index (χ4n) is 2.64. The molecule has 3 unspecified atom stereocenters. The van der Waals surface area contributed by atoms with Crippen molar-refractivity contribution in [2.75, 3.05) is 6.54 Å². The Labute approximate surface area is 99.3 Å². The second-order valence-electron chi connectivity index (χ2n) is 5.23. The summed E-state index contributed by atoms with van der Waals surface area (Å²) in [6, 6.07) is 9.60. The van der Waals surface area contributed by atoms with E-state index in [0.29, 0.717) is 6.04 Å². The van der Waals surface area contributed by atoms with Gasteiger partial charge in [0.15, 0.2) is 0 Å². The Hall–Kier alpha value is -0.820. The maximum Gasteiger partial charge on any atom is 0.0138 e. The number of nitrogens with one attached hydrogen (secondary N) is 1. The van der Waals surface area contributed by atoms with Crippen molar-refractivity contribution in [3.8, 4) is 0 Å². The van der Waals surface area contributed by atoms with Crippen molar-refractivity contribution < 1.29 is 0 Å². The molecule has 0 bridgehead atoms. The van der Waals surface area contributed by atoms with E-state index < -0.39 is 0 Å². The first kappa shape index (κ1) is 11.7. The summed E-state index contributed by atoms with van der Waals surface area (Å²) in [5.74, 6) is 1.83. The van der Waals surface area contributed by atoms with Gasteiger partial charge in [-0.25, -0.2) is 0 Å². The first-order valence-electron chi connectivity index (χ1n) is 6.49. The molecule has 1 aromatic rings. The Bertz CT molecular complexity index is 345. The van der Waals surface area contributed by atoms with Crippen LogP contribution in [-0.2, 0) is 6.42 Å². The smallest absolute Gasteiger partial charge is 0.0138 e. The number of likely N-dealkylation sites (N-methyl/N-ethyl adjacent to an activating group) is 1. The van der Waals surface area contributed by atoms with Crippen molar-refractivity contribution >= 4 is 0 Å². The molecule has 3 atom stereocenters. The third-order valence-electron chi connectivity index (χ3n) is 3.69. The van der Waals surface area contributed by atoms with Crippen molar-refractivity contribution in [2.24, 2.45) is 11.8 Å². The number of benzene rings is 1. The van der Waals surface area contributed by atoms with Crippen LogP contribution < -0.4 is 5.32 Å². The Morgan fingerprint density at radius 3 is 2.75 bits per heavy atom. The zero-order chi connectivity index (χ0) is 11.5. The topological polar surface area (TPSA) is 12.0 Å². The molecule has 1 aliphatic carbocycles. The molecule has 1 aromatic carbocycles. The van der Waals surface area contributed by atoms with Crippen LogP contribution in [0.1, 0.15) is 31.4 Å². The predicted molar refractivity (Wildman–Crippen MR) is 69.6 cm³/mol. The van der Waals surface area contributed by atoms with Crippen LogP contribution in [-0.4, -0.2) is 12.6 Å². The second-order valence-corrected chi connectivity index (χ2v) is 5.23. The molecule has 0 radical (unpaired) electrons. The van der Waals surface area contributed by atoms with Gasteiger partial charge in [-0.3, -0.25) is 0 Å². The van der Waals surface area contributed by atoms with Crippen LogP contribution in [0, 0.1) is 18.8 Å². The fraction of sp³-hybridized carbons (Fsp3) is 0.600. The monoisotopic (exact) mass is 217 g/mol. The molecule has 1 N–H and O–H groups in total. The van der Waals surface area contributed by atoms with Crippen LogP contribution in [0.25, 0.3) is 0 Å². The van der Waals surface area contributed by atoms with E-state index in [1.807, 2.05) is 0 Å². The largest absolute Gasteiger partial charge is 0.314 e. The Morgan fingerprint density at radius 2 is 2.19 bits per heavy atom. The first-order valence-corrected chi connectivity index (χ1v) is 6.49. The number of rotatable bonds is 5. The van der Waals surface area contributed by atoms with Crippen molar-refractivity contribution in [1.29, 1.82) is 0 Å². The Balaban J connectivity index is 1.99. The molecule has 2 rings (SSSR count). The van der Waals surface area contributed by atoms with Crippen molar-refractivity contribution in [3.63, 3.8) is 0 Å². The van der Waals surface area contributed by atoms with Gasteiger partial charge in [0.1, 0.15) is 0 Å². The van der Waals surface area contributed by atoms with Crippen molar-refractivity contribution in [1.82, 2.24) is 5.32 Å². The Morgan fingerprint density at radius 1 is 1.44 bits per heavy atom. The summed E-state index contributed by atoms with van der Waals surface area (Å²) >= 11 is 0. The van der Waals surface area contributed by atoms with Crippen molar-refractivity contribution in [3.05, 3.63) is 35.4 Å². The highest BCUT2D eigenvalue weighted by Gasteiger charge is 2.38. The van der Waals surface area contributed by atoms with Gasteiger partial charge in [0.05, 0.1) is 0 Å². The lowest BCUT2D eigenvalue weighted by molar-refractivity contribution is 0.454. The predicted octanol–water partition coefficient (Wildman–Crippen LogP) is 3.17. The quantitative estimate of drug-likeness (QED) is 0.799. The van der Waals surface area contributed by atoms with E-state index in [0.717, 1.165) is 18.4 Å². The highest BCUT2D eigenvalue weighted by atomic mass is 14.9. The molecule has 1 saturated carbocycles. The number of hydrogen-bond acceptors (Lipinski definition) is 1. The fourth-order valence-corrected chi connectivity index (χ4v) is 2.64. The molecule has 1 fully saturated rings. The van der Waals surface area contributed by atoms with Gasteiger partial charge in [-0.15, -0.1) is 0 Å². The molecule has 0 heterocycles. The van der Waals surface area contributed by atoms with Gasteiger partial charge in [0, 0.05) is 6.04 Å². The van der Waals surface area contributed by atoms with E-state index in [9.17, 15) is 0 Å². The first-order chi connectivity index (χ1) is 7.70. The normalized spacial score (nSPS) is 25.4. The van der Waals surface area contributed by atoms with Crippen LogP contribution in [0.3, 0.4) is 0 Å². The summed E-state index contributed by atoms with van der Waals surface area (Å²) < 4.78 is 0. The summed E-state index contributed by atoms with van der Waals surface area (Å²) in [7, 11) is 0. The summed E-state index contributed by atoms with van der Waals surface area (Å²) in [6.45, 7) is 7.83. The average Bonchev–Trinajstić information content (AvgIpc) is 2.95. The zero-order valence-corrected chi connectivity index (χ0v) is 10.7. The van der Waals surface area contributed by atoms with Crippen LogP contribution in [0.15, 0.2) is 24.3 Å². The van der Waals surface area contributed by atoms with Crippen molar-refractivity contribution in [2.45, 2.75) is 39.7 Å². The SMILES string of the molecule is CCNC(Cc1cccc(C)c1)C1CC1C. The molecule has 88 valence electrons. The van der Waals surface area contributed by atoms with Crippen LogP contribution in [0.4, 0.5) is 0 Å². The standard InChI is InChI=1S/C15H23N/c1-4-16-15(14-9-12(14)3)10-13-7-5-6-11(2)8-13/h5-8,12,14-16H,4,9-10H2,1-3H3. The highest BCUT2D eigenvalue weighted by molar-refractivity contribution is 5.23. The Kier molecular flexibility index (Phi) is 3.65. The highest BCUT2D eigenvalue weighted by Crippen LogP contribution is 2.41. The molecular formula is C15H23N. The maximum atomic E-state index is 3.64.